The lowest BCUT2D eigenvalue weighted by atomic mass is 9.97. The van der Waals surface area contributed by atoms with E-state index in [9.17, 15) is 9.65 Å². The Morgan fingerprint density at radius 1 is 1.20 bits per heavy atom. The van der Waals surface area contributed by atoms with Gasteiger partial charge in [-0.1, -0.05) is 30.3 Å². The number of hydrogen-bond donors (Lipinski definition) is 0. The van der Waals surface area contributed by atoms with Gasteiger partial charge in [0.15, 0.2) is 0 Å². The average Bonchev–Trinajstić information content (AvgIpc) is 2.45. The summed E-state index contributed by atoms with van der Waals surface area (Å²) in [6.45, 7) is 2.41. The van der Waals surface area contributed by atoms with Gasteiger partial charge in [-0.2, -0.15) is 5.26 Å². The number of aryl methyl sites for hydroxylation is 1. The normalized spacial score (nSPS) is 11.7. The Morgan fingerprint density at radius 2 is 2.00 bits per heavy atom. The molecule has 2 rings (SSSR count). The molecule has 2 aromatic rings. The third-order valence-electron chi connectivity index (χ3n) is 3.16. The maximum absolute atomic E-state index is 13.2. The highest BCUT2D eigenvalue weighted by Crippen LogP contribution is 2.21. The van der Waals surface area contributed by atoms with Crippen LogP contribution in [0.4, 0.5) is 4.39 Å². The van der Waals surface area contributed by atoms with Crippen LogP contribution in [-0.2, 0) is 0 Å². The Morgan fingerprint density at radius 3 is 2.70 bits per heavy atom. The standard InChI is InChI=1S/C17H16FNO/c1-13-5-2-3-8-17(13)20-10-9-15(12-19)14-6-4-7-16(18)11-14/h2-8,11,15H,9-10H2,1H3. The van der Waals surface area contributed by atoms with Crippen LogP contribution in [0.25, 0.3) is 0 Å². The van der Waals surface area contributed by atoms with Gasteiger partial charge in [0.2, 0.25) is 0 Å². The van der Waals surface area contributed by atoms with Gasteiger partial charge < -0.3 is 4.74 Å². The Bertz CT molecular complexity index is 618. The molecule has 0 aliphatic carbocycles. The maximum Gasteiger partial charge on any atom is 0.123 e. The number of nitrogens with zero attached hydrogens (tertiary/aromatic N) is 1. The highest BCUT2D eigenvalue weighted by atomic mass is 19.1. The third kappa shape index (κ3) is 3.58. The second-order valence-electron chi connectivity index (χ2n) is 4.64. The fraction of sp³-hybridized carbons (Fsp3) is 0.235. The van der Waals surface area contributed by atoms with Crippen molar-refractivity contribution in [3.8, 4) is 11.8 Å². The van der Waals surface area contributed by atoms with Crippen molar-refractivity contribution in [2.75, 3.05) is 6.61 Å². The molecule has 0 N–H and O–H groups in total. The van der Waals surface area contributed by atoms with Crippen LogP contribution in [0.5, 0.6) is 5.75 Å². The summed E-state index contributed by atoms with van der Waals surface area (Å²) in [7, 11) is 0. The van der Waals surface area contributed by atoms with Gasteiger partial charge in [-0.05, 0) is 36.2 Å². The molecule has 0 heterocycles. The molecular weight excluding hydrogens is 253 g/mol. The minimum atomic E-state index is -0.352. The monoisotopic (exact) mass is 269 g/mol. The molecule has 20 heavy (non-hydrogen) atoms. The topological polar surface area (TPSA) is 33.0 Å². The van der Waals surface area contributed by atoms with Gasteiger partial charge in [0.25, 0.3) is 0 Å². The number of rotatable bonds is 5. The third-order valence-corrected chi connectivity index (χ3v) is 3.16. The number of ether oxygens (including phenoxy) is 1. The molecule has 102 valence electrons. The summed E-state index contributed by atoms with van der Waals surface area (Å²) in [6.07, 6.45) is 0.536. The van der Waals surface area contributed by atoms with Crippen molar-refractivity contribution in [1.82, 2.24) is 0 Å². The van der Waals surface area contributed by atoms with Crippen LogP contribution in [0.2, 0.25) is 0 Å². The lowest BCUT2D eigenvalue weighted by molar-refractivity contribution is 0.304. The second kappa shape index (κ2) is 6.72. The van der Waals surface area contributed by atoms with E-state index >= 15 is 0 Å². The van der Waals surface area contributed by atoms with Gasteiger partial charge in [0, 0.05) is 6.42 Å². The van der Waals surface area contributed by atoms with E-state index in [1.165, 1.54) is 12.1 Å². The highest BCUT2D eigenvalue weighted by molar-refractivity contribution is 5.32. The minimum absolute atomic E-state index is 0.317. The molecule has 0 saturated carbocycles. The first-order valence-electron chi connectivity index (χ1n) is 6.54. The smallest absolute Gasteiger partial charge is 0.123 e. The molecule has 1 atom stereocenters. The molecular formula is C17H16FNO. The van der Waals surface area contributed by atoms with Gasteiger partial charge in [0.05, 0.1) is 18.6 Å². The summed E-state index contributed by atoms with van der Waals surface area (Å²) in [6, 6.07) is 16.1. The first kappa shape index (κ1) is 14.1. The van der Waals surface area contributed by atoms with E-state index in [-0.39, 0.29) is 11.7 Å². The van der Waals surface area contributed by atoms with E-state index in [2.05, 4.69) is 6.07 Å². The molecule has 3 heteroatoms. The second-order valence-corrected chi connectivity index (χ2v) is 4.64. The van der Waals surface area contributed by atoms with Crippen LogP contribution >= 0.6 is 0 Å². The zero-order valence-corrected chi connectivity index (χ0v) is 11.3. The molecule has 0 bridgehead atoms. The predicted octanol–water partition coefficient (Wildman–Crippen LogP) is 4.21. The first-order valence-corrected chi connectivity index (χ1v) is 6.54. The summed E-state index contributed by atoms with van der Waals surface area (Å²) < 4.78 is 18.8. The molecule has 0 aliphatic heterocycles. The van der Waals surface area contributed by atoms with E-state index in [1.807, 2.05) is 31.2 Å². The van der Waals surface area contributed by atoms with Crippen molar-refractivity contribution >= 4 is 0 Å². The van der Waals surface area contributed by atoms with E-state index in [0.717, 1.165) is 11.3 Å². The van der Waals surface area contributed by atoms with Gasteiger partial charge in [-0.25, -0.2) is 4.39 Å². The van der Waals surface area contributed by atoms with Crippen molar-refractivity contribution < 1.29 is 9.13 Å². The molecule has 0 radical (unpaired) electrons. The van der Waals surface area contributed by atoms with Gasteiger partial charge >= 0.3 is 0 Å². The maximum atomic E-state index is 13.2. The van der Waals surface area contributed by atoms with E-state index < -0.39 is 0 Å². The van der Waals surface area contributed by atoms with Crippen molar-refractivity contribution in [1.29, 1.82) is 5.26 Å². The lowest BCUT2D eigenvalue weighted by Gasteiger charge is -2.12. The van der Waals surface area contributed by atoms with Crippen molar-refractivity contribution in [2.24, 2.45) is 0 Å². The number of nitriles is 1. The summed E-state index contributed by atoms with van der Waals surface area (Å²) in [5.74, 6) is 0.153. The number of para-hydroxylation sites is 1. The molecule has 1 unspecified atom stereocenters. The van der Waals surface area contributed by atoms with E-state index in [4.69, 9.17) is 4.74 Å². The Balaban J connectivity index is 1.96. The lowest BCUT2D eigenvalue weighted by Crippen LogP contribution is -2.05. The van der Waals surface area contributed by atoms with Crippen LogP contribution in [-0.4, -0.2) is 6.61 Å². The number of halogens is 1. The summed E-state index contributed by atoms with van der Waals surface area (Å²) >= 11 is 0. The number of hydrogen-bond acceptors (Lipinski definition) is 2. The van der Waals surface area contributed by atoms with Crippen molar-refractivity contribution in [3.63, 3.8) is 0 Å². The van der Waals surface area contributed by atoms with E-state index in [0.29, 0.717) is 18.6 Å². The van der Waals surface area contributed by atoms with Crippen molar-refractivity contribution in [3.05, 3.63) is 65.5 Å². The van der Waals surface area contributed by atoms with Crippen LogP contribution in [0.1, 0.15) is 23.5 Å². The van der Waals surface area contributed by atoms with Crippen LogP contribution in [0.3, 0.4) is 0 Å². The van der Waals surface area contributed by atoms with Crippen LogP contribution in [0, 0.1) is 24.1 Å². The van der Waals surface area contributed by atoms with Gasteiger partial charge in [-0.3, -0.25) is 0 Å². The molecule has 2 nitrogen and oxygen atoms in total. The number of benzene rings is 2. The predicted molar refractivity (Wildman–Crippen MR) is 76.0 cm³/mol. The zero-order valence-electron chi connectivity index (χ0n) is 11.3. The van der Waals surface area contributed by atoms with Crippen molar-refractivity contribution in [2.45, 2.75) is 19.3 Å². The SMILES string of the molecule is Cc1ccccc1OCCC(C#N)c1cccc(F)c1. The Labute approximate surface area is 118 Å². The summed E-state index contributed by atoms with van der Waals surface area (Å²) in [5.41, 5.74) is 1.76. The fourth-order valence-electron chi connectivity index (χ4n) is 2.03. The fourth-order valence-corrected chi connectivity index (χ4v) is 2.03. The van der Waals surface area contributed by atoms with Crippen LogP contribution in [0.15, 0.2) is 48.5 Å². The average molecular weight is 269 g/mol. The Kier molecular flexibility index (Phi) is 4.73. The molecule has 0 saturated heterocycles. The largest absolute Gasteiger partial charge is 0.493 e. The Hall–Kier alpha value is -2.34. The first-order chi connectivity index (χ1) is 9.70. The van der Waals surface area contributed by atoms with E-state index in [1.54, 1.807) is 12.1 Å². The molecule has 0 aliphatic rings. The molecule has 0 spiro atoms. The molecule has 0 aromatic heterocycles. The minimum Gasteiger partial charge on any atom is -0.493 e. The molecule has 0 amide bonds. The summed E-state index contributed by atoms with van der Waals surface area (Å²) in [5, 5.41) is 9.19. The quantitative estimate of drug-likeness (QED) is 0.814. The highest BCUT2D eigenvalue weighted by Gasteiger charge is 2.11. The molecule has 2 aromatic carbocycles. The van der Waals surface area contributed by atoms with Gasteiger partial charge in [0.1, 0.15) is 11.6 Å². The zero-order chi connectivity index (χ0) is 14.4. The summed E-state index contributed by atoms with van der Waals surface area (Å²) in [4.78, 5) is 0. The van der Waals surface area contributed by atoms with Crippen LogP contribution < -0.4 is 4.74 Å². The van der Waals surface area contributed by atoms with Gasteiger partial charge in [-0.15, -0.1) is 0 Å². The molecule has 0 fully saturated rings.